The van der Waals surface area contributed by atoms with Gasteiger partial charge in [-0.1, -0.05) is 19.3 Å². The molecule has 0 aromatic carbocycles. The first-order valence-corrected chi connectivity index (χ1v) is 7.40. The maximum absolute atomic E-state index is 5.89. The van der Waals surface area contributed by atoms with Crippen LogP contribution in [-0.4, -0.2) is 39.4 Å². The number of nitrogens with two attached hydrogens (primary N) is 1. The second-order valence-electron chi connectivity index (χ2n) is 5.23. The minimum atomic E-state index is 0.349. The molecule has 2 aromatic heterocycles. The van der Waals surface area contributed by atoms with Gasteiger partial charge in [0.25, 0.3) is 0 Å². The second-order valence-corrected chi connectivity index (χ2v) is 5.23. The molecular weight excluding hydrogens is 270 g/mol. The Balaban J connectivity index is 1.55. The molecule has 1 aliphatic rings. The molecule has 8 heteroatoms. The number of fused-ring (bicyclic) bond motifs is 1. The maximum Gasteiger partial charge on any atom is 0.241 e. The zero-order valence-corrected chi connectivity index (χ0v) is 11.9. The number of hydrogen-bond donors (Lipinski definition) is 4. The van der Waals surface area contributed by atoms with Gasteiger partial charge >= 0.3 is 0 Å². The molecule has 1 saturated carbocycles. The largest absolute Gasteiger partial charge is 0.376 e. The average molecular weight is 291 g/mol. The summed E-state index contributed by atoms with van der Waals surface area (Å²) in [4.78, 5) is 8.48. The van der Waals surface area contributed by atoms with E-state index in [4.69, 9.17) is 10.6 Å². The Morgan fingerprint density at radius 3 is 2.95 bits per heavy atom. The van der Waals surface area contributed by atoms with Crippen molar-refractivity contribution in [1.29, 1.82) is 0 Å². The summed E-state index contributed by atoms with van der Waals surface area (Å²) in [6.45, 7) is 1.36. The van der Waals surface area contributed by atoms with Gasteiger partial charge in [0.2, 0.25) is 5.95 Å². The lowest BCUT2D eigenvalue weighted by molar-refractivity contribution is 0.0347. The molecule has 8 nitrogen and oxygen atoms in total. The van der Waals surface area contributed by atoms with Crippen LogP contribution in [0.5, 0.6) is 0 Å². The number of ether oxygens (including phenoxy) is 1. The van der Waals surface area contributed by atoms with Gasteiger partial charge in [0.15, 0.2) is 5.65 Å². The molecule has 1 aliphatic carbocycles. The summed E-state index contributed by atoms with van der Waals surface area (Å²) in [5.41, 5.74) is 3.10. The van der Waals surface area contributed by atoms with Crippen molar-refractivity contribution in [1.82, 2.24) is 20.2 Å². The van der Waals surface area contributed by atoms with Gasteiger partial charge in [0, 0.05) is 6.54 Å². The standard InChI is InChI=1S/C13H21N7O/c14-19-13-17-11(10-8-16-20-12(10)18-13)15-6-7-21-9-4-2-1-3-5-9/h8-9H,1-7,14H2,(H3,15,16,17,18,19,20). The van der Waals surface area contributed by atoms with E-state index in [2.05, 4.69) is 30.9 Å². The second kappa shape index (κ2) is 6.68. The first-order valence-electron chi connectivity index (χ1n) is 7.40. The minimum Gasteiger partial charge on any atom is -0.376 e. The van der Waals surface area contributed by atoms with E-state index < -0.39 is 0 Å². The van der Waals surface area contributed by atoms with Gasteiger partial charge in [-0.25, -0.2) is 5.84 Å². The van der Waals surface area contributed by atoms with Gasteiger partial charge in [-0.05, 0) is 12.8 Å². The predicted molar refractivity (Wildman–Crippen MR) is 80.8 cm³/mol. The molecule has 0 atom stereocenters. The van der Waals surface area contributed by atoms with Crippen LogP contribution in [-0.2, 0) is 4.74 Å². The molecule has 0 amide bonds. The van der Waals surface area contributed by atoms with E-state index in [1.54, 1.807) is 6.20 Å². The molecule has 2 heterocycles. The summed E-state index contributed by atoms with van der Waals surface area (Å²) in [6.07, 6.45) is 8.38. The van der Waals surface area contributed by atoms with Gasteiger partial charge < -0.3 is 10.1 Å². The number of nitrogens with one attached hydrogen (secondary N) is 3. The Morgan fingerprint density at radius 1 is 1.29 bits per heavy atom. The van der Waals surface area contributed by atoms with Crippen molar-refractivity contribution in [2.45, 2.75) is 38.2 Å². The average Bonchev–Trinajstić information content (AvgIpc) is 3.00. The summed E-state index contributed by atoms with van der Waals surface area (Å²) in [5.74, 6) is 6.42. The molecule has 0 aliphatic heterocycles. The van der Waals surface area contributed by atoms with Crippen LogP contribution in [0.1, 0.15) is 32.1 Å². The van der Waals surface area contributed by atoms with E-state index in [0.717, 1.165) is 5.39 Å². The molecule has 0 bridgehead atoms. The smallest absolute Gasteiger partial charge is 0.241 e. The van der Waals surface area contributed by atoms with Gasteiger partial charge in [-0.15, -0.1) is 0 Å². The van der Waals surface area contributed by atoms with Crippen molar-refractivity contribution in [2.75, 3.05) is 23.9 Å². The first kappa shape index (κ1) is 14.0. The number of nitrogen functional groups attached to an aromatic ring is 1. The molecule has 3 rings (SSSR count). The molecule has 0 unspecified atom stereocenters. The number of nitrogens with zero attached hydrogens (tertiary/aromatic N) is 3. The number of rotatable bonds is 6. The molecule has 2 aromatic rings. The normalized spacial score (nSPS) is 16.2. The van der Waals surface area contributed by atoms with Crippen LogP contribution in [0, 0.1) is 0 Å². The molecule has 0 spiro atoms. The lowest BCUT2D eigenvalue weighted by Crippen LogP contribution is -2.21. The fourth-order valence-electron chi connectivity index (χ4n) is 2.66. The summed E-state index contributed by atoms with van der Waals surface area (Å²) in [5, 5.41) is 10.9. The molecule has 5 N–H and O–H groups in total. The van der Waals surface area contributed by atoms with Crippen molar-refractivity contribution < 1.29 is 4.74 Å². The van der Waals surface area contributed by atoms with E-state index >= 15 is 0 Å². The van der Waals surface area contributed by atoms with Crippen LogP contribution in [0.4, 0.5) is 11.8 Å². The van der Waals surface area contributed by atoms with Gasteiger partial charge in [-0.3, -0.25) is 10.5 Å². The minimum absolute atomic E-state index is 0.349. The molecule has 0 radical (unpaired) electrons. The van der Waals surface area contributed by atoms with Crippen molar-refractivity contribution in [2.24, 2.45) is 5.84 Å². The van der Waals surface area contributed by atoms with E-state index in [1.807, 2.05) is 0 Å². The van der Waals surface area contributed by atoms with Gasteiger partial charge in [0.05, 0.1) is 24.3 Å². The fourth-order valence-corrected chi connectivity index (χ4v) is 2.66. The molecule has 1 fully saturated rings. The quantitative estimate of drug-likeness (QED) is 0.361. The van der Waals surface area contributed by atoms with Crippen molar-refractivity contribution >= 4 is 22.8 Å². The summed E-state index contributed by atoms with van der Waals surface area (Å²) >= 11 is 0. The van der Waals surface area contributed by atoms with E-state index in [9.17, 15) is 0 Å². The third-order valence-corrected chi connectivity index (χ3v) is 3.74. The van der Waals surface area contributed by atoms with Crippen LogP contribution in [0.2, 0.25) is 0 Å². The summed E-state index contributed by atoms with van der Waals surface area (Å²) in [6, 6.07) is 0. The third kappa shape index (κ3) is 3.40. The lowest BCUT2D eigenvalue weighted by atomic mass is 9.98. The van der Waals surface area contributed by atoms with Gasteiger partial charge in [-0.2, -0.15) is 15.1 Å². The molecule has 114 valence electrons. The number of anilines is 2. The van der Waals surface area contributed by atoms with Crippen LogP contribution in [0.15, 0.2) is 6.20 Å². The Bertz CT molecular complexity index is 579. The molecular formula is C13H21N7O. The van der Waals surface area contributed by atoms with Crippen LogP contribution < -0.4 is 16.6 Å². The number of H-pyrrole nitrogens is 1. The Morgan fingerprint density at radius 2 is 2.14 bits per heavy atom. The Labute approximate surface area is 122 Å². The monoisotopic (exact) mass is 291 g/mol. The number of hydrogen-bond acceptors (Lipinski definition) is 7. The fraction of sp³-hybridized carbons (Fsp3) is 0.615. The Kier molecular flexibility index (Phi) is 4.46. The zero-order chi connectivity index (χ0) is 14.5. The van der Waals surface area contributed by atoms with Crippen LogP contribution in [0.25, 0.3) is 11.0 Å². The maximum atomic E-state index is 5.89. The van der Waals surface area contributed by atoms with Crippen molar-refractivity contribution in [3.63, 3.8) is 0 Å². The van der Waals surface area contributed by atoms with Crippen molar-refractivity contribution in [3.8, 4) is 0 Å². The third-order valence-electron chi connectivity index (χ3n) is 3.74. The highest BCUT2D eigenvalue weighted by Gasteiger charge is 2.13. The van der Waals surface area contributed by atoms with Crippen LogP contribution >= 0.6 is 0 Å². The summed E-state index contributed by atoms with van der Waals surface area (Å²) < 4.78 is 5.89. The predicted octanol–water partition coefficient (Wildman–Crippen LogP) is 1.40. The lowest BCUT2D eigenvalue weighted by Gasteiger charge is -2.22. The SMILES string of the molecule is NNc1nc(NCCOC2CCCCC2)c2cn[nH]c2n1. The highest BCUT2D eigenvalue weighted by molar-refractivity contribution is 5.86. The van der Waals surface area contributed by atoms with Gasteiger partial charge in [0.1, 0.15) is 5.82 Å². The van der Waals surface area contributed by atoms with E-state index in [-0.39, 0.29) is 0 Å². The van der Waals surface area contributed by atoms with Crippen LogP contribution in [0.3, 0.4) is 0 Å². The van der Waals surface area contributed by atoms with Crippen molar-refractivity contribution in [3.05, 3.63) is 6.20 Å². The number of aromatic nitrogens is 4. The molecule has 21 heavy (non-hydrogen) atoms. The summed E-state index contributed by atoms with van der Waals surface area (Å²) in [7, 11) is 0. The first-order chi connectivity index (χ1) is 10.4. The topological polar surface area (TPSA) is 114 Å². The number of aromatic amines is 1. The zero-order valence-electron chi connectivity index (χ0n) is 11.9. The number of hydrazine groups is 1. The Hall–Kier alpha value is -1.93. The highest BCUT2D eigenvalue weighted by Crippen LogP contribution is 2.21. The highest BCUT2D eigenvalue weighted by atomic mass is 16.5. The van der Waals surface area contributed by atoms with E-state index in [0.29, 0.717) is 36.7 Å². The van der Waals surface area contributed by atoms with E-state index in [1.165, 1.54) is 32.1 Å². The molecule has 0 saturated heterocycles.